The first kappa shape index (κ1) is 25.8. The maximum absolute atomic E-state index is 13.3. The Hall–Kier alpha value is -3.10. The molecule has 0 heterocycles. The summed E-state index contributed by atoms with van der Waals surface area (Å²) in [4.78, 5) is 0. The van der Waals surface area contributed by atoms with Crippen molar-refractivity contribution in [3.05, 3.63) is 151 Å². The molecule has 3 aliphatic carbocycles. The zero-order valence-corrected chi connectivity index (χ0v) is 24.4. The molecular formula is C34H24Br2O4. The van der Waals surface area contributed by atoms with Gasteiger partial charge in [0.25, 0.3) is 0 Å². The van der Waals surface area contributed by atoms with Gasteiger partial charge in [0.1, 0.15) is 11.2 Å². The SMILES string of the molecule is OCc1c(CO)c(-c2ccccc2)c2c(c1-c1ccccc1)C1(O)c3cccc(Br)c3C2(O)c2cccc(Br)c21. The molecule has 0 saturated heterocycles. The average Bonchev–Trinajstić information content (AvgIpc) is 2.98. The van der Waals surface area contributed by atoms with Crippen LogP contribution < -0.4 is 0 Å². The van der Waals surface area contributed by atoms with E-state index in [1.54, 1.807) is 0 Å². The maximum atomic E-state index is 13.3. The molecule has 2 unspecified atom stereocenters. The van der Waals surface area contributed by atoms with E-state index in [4.69, 9.17) is 0 Å². The fraction of sp³-hybridized carbons (Fsp3) is 0.118. The molecule has 0 aliphatic heterocycles. The van der Waals surface area contributed by atoms with Crippen LogP contribution in [0.3, 0.4) is 0 Å². The van der Waals surface area contributed by atoms with Crippen molar-refractivity contribution >= 4 is 31.9 Å². The van der Waals surface area contributed by atoms with Gasteiger partial charge in [0, 0.05) is 42.3 Å². The molecule has 6 heteroatoms. The lowest BCUT2D eigenvalue weighted by atomic mass is 9.53. The predicted octanol–water partition coefficient (Wildman–Crippen LogP) is 6.73. The van der Waals surface area contributed by atoms with Gasteiger partial charge in [-0.15, -0.1) is 0 Å². The van der Waals surface area contributed by atoms with Crippen molar-refractivity contribution in [3.8, 4) is 22.3 Å². The number of benzene rings is 5. The van der Waals surface area contributed by atoms with Crippen LogP contribution >= 0.6 is 31.9 Å². The van der Waals surface area contributed by atoms with Gasteiger partial charge in [0.15, 0.2) is 0 Å². The van der Waals surface area contributed by atoms with Gasteiger partial charge in [-0.3, -0.25) is 0 Å². The second-order valence-corrected chi connectivity index (χ2v) is 12.0. The van der Waals surface area contributed by atoms with Crippen LogP contribution in [0.5, 0.6) is 0 Å². The number of rotatable bonds is 4. The van der Waals surface area contributed by atoms with E-state index in [1.165, 1.54) is 0 Å². The van der Waals surface area contributed by atoms with Crippen molar-refractivity contribution in [2.45, 2.75) is 24.4 Å². The quantitative estimate of drug-likeness (QED) is 0.173. The highest BCUT2D eigenvalue weighted by molar-refractivity contribution is 9.10. The smallest absolute Gasteiger partial charge is 0.143 e. The minimum absolute atomic E-state index is 0.365. The Morgan fingerprint density at radius 2 is 0.850 bits per heavy atom. The average molecular weight is 656 g/mol. The lowest BCUT2D eigenvalue weighted by molar-refractivity contribution is 0.0487. The van der Waals surface area contributed by atoms with Gasteiger partial charge >= 0.3 is 0 Å². The fourth-order valence-electron chi connectivity index (χ4n) is 6.95. The number of hydrogen-bond acceptors (Lipinski definition) is 4. The zero-order valence-electron chi connectivity index (χ0n) is 21.2. The molecule has 4 N–H and O–H groups in total. The van der Waals surface area contributed by atoms with Crippen LogP contribution in [0.1, 0.15) is 44.5 Å². The second-order valence-electron chi connectivity index (χ2n) is 10.3. The van der Waals surface area contributed by atoms with Gasteiger partial charge in [-0.2, -0.15) is 0 Å². The number of aliphatic hydroxyl groups is 4. The molecule has 198 valence electrons. The van der Waals surface area contributed by atoms with Crippen LogP contribution in [0.2, 0.25) is 0 Å². The van der Waals surface area contributed by atoms with E-state index in [0.29, 0.717) is 64.6 Å². The molecule has 0 saturated carbocycles. The summed E-state index contributed by atoms with van der Waals surface area (Å²) in [5.41, 5.74) is 3.66. The third-order valence-electron chi connectivity index (χ3n) is 8.41. The Bertz CT molecular complexity index is 1690. The van der Waals surface area contributed by atoms with E-state index >= 15 is 0 Å². The Balaban J connectivity index is 1.81. The van der Waals surface area contributed by atoms with E-state index in [2.05, 4.69) is 31.9 Å². The third-order valence-corrected chi connectivity index (χ3v) is 9.73. The molecule has 3 aliphatic rings. The lowest BCUT2D eigenvalue weighted by Gasteiger charge is -2.54. The van der Waals surface area contributed by atoms with Crippen LogP contribution in [-0.4, -0.2) is 20.4 Å². The van der Waals surface area contributed by atoms with Crippen LogP contribution in [0.15, 0.2) is 106 Å². The van der Waals surface area contributed by atoms with E-state index in [9.17, 15) is 20.4 Å². The molecule has 8 rings (SSSR count). The van der Waals surface area contributed by atoms with Crippen molar-refractivity contribution < 1.29 is 20.4 Å². The van der Waals surface area contributed by atoms with Crippen molar-refractivity contribution in [2.24, 2.45) is 0 Å². The van der Waals surface area contributed by atoms with E-state index in [-0.39, 0.29) is 13.2 Å². The molecule has 0 spiro atoms. The van der Waals surface area contributed by atoms with Gasteiger partial charge < -0.3 is 20.4 Å². The van der Waals surface area contributed by atoms with Gasteiger partial charge in [0.2, 0.25) is 0 Å². The molecular weight excluding hydrogens is 632 g/mol. The predicted molar refractivity (Wildman–Crippen MR) is 162 cm³/mol. The zero-order chi connectivity index (χ0) is 27.8. The molecule has 2 atom stereocenters. The van der Waals surface area contributed by atoms with Crippen molar-refractivity contribution in [1.82, 2.24) is 0 Å². The van der Waals surface area contributed by atoms with Gasteiger partial charge in [0.05, 0.1) is 13.2 Å². The summed E-state index contributed by atoms with van der Waals surface area (Å²) in [6, 6.07) is 30.3. The van der Waals surface area contributed by atoms with Crippen LogP contribution in [0.4, 0.5) is 0 Å². The van der Waals surface area contributed by atoms with Gasteiger partial charge in [-0.05, 0) is 45.5 Å². The van der Waals surface area contributed by atoms with E-state index < -0.39 is 11.2 Å². The normalized spacial score (nSPS) is 20.1. The van der Waals surface area contributed by atoms with E-state index in [0.717, 1.165) is 11.1 Å². The van der Waals surface area contributed by atoms with Crippen molar-refractivity contribution in [1.29, 1.82) is 0 Å². The Labute approximate surface area is 248 Å². The van der Waals surface area contributed by atoms with Gasteiger partial charge in [-0.25, -0.2) is 0 Å². The van der Waals surface area contributed by atoms with Crippen LogP contribution in [-0.2, 0) is 24.4 Å². The number of aliphatic hydroxyl groups excluding tert-OH is 2. The molecule has 2 bridgehead atoms. The minimum atomic E-state index is -1.69. The van der Waals surface area contributed by atoms with Crippen molar-refractivity contribution in [2.75, 3.05) is 0 Å². The lowest BCUT2D eigenvalue weighted by Crippen LogP contribution is -2.52. The van der Waals surface area contributed by atoms with Crippen LogP contribution in [0.25, 0.3) is 22.3 Å². The largest absolute Gasteiger partial charge is 0.392 e. The molecule has 5 aromatic carbocycles. The third kappa shape index (κ3) is 3.15. The first-order valence-electron chi connectivity index (χ1n) is 13.0. The molecule has 0 fully saturated rings. The highest BCUT2D eigenvalue weighted by Crippen LogP contribution is 2.66. The monoisotopic (exact) mass is 654 g/mol. The molecule has 5 aromatic rings. The van der Waals surface area contributed by atoms with Crippen LogP contribution in [0, 0.1) is 0 Å². The molecule has 0 radical (unpaired) electrons. The maximum Gasteiger partial charge on any atom is 0.143 e. The highest BCUT2D eigenvalue weighted by atomic mass is 79.9. The number of hydrogen-bond donors (Lipinski definition) is 4. The summed E-state index contributed by atoms with van der Waals surface area (Å²) in [5, 5.41) is 48.4. The summed E-state index contributed by atoms with van der Waals surface area (Å²) >= 11 is 7.40. The molecule has 40 heavy (non-hydrogen) atoms. The first-order chi connectivity index (χ1) is 19.4. The summed E-state index contributed by atoms with van der Waals surface area (Å²) < 4.78 is 1.33. The molecule has 0 aromatic heterocycles. The van der Waals surface area contributed by atoms with Crippen molar-refractivity contribution in [3.63, 3.8) is 0 Å². The summed E-state index contributed by atoms with van der Waals surface area (Å²) in [5.74, 6) is 0. The second kappa shape index (κ2) is 9.21. The summed E-state index contributed by atoms with van der Waals surface area (Å²) in [6.45, 7) is -0.730. The van der Waals surface area contributed by atoms with E-state index in [1.807, 2.05) is 97.1 Å². The standard InChI is InChI=1S/C34H24Br2O4/c35-25-15-8-14-24-29(25)33(39)23-13-7-16-26(36)30(23)34(24,40)32-28(20-11-5-2-6-12-20)22(18-38)21(17-37)27(31(32)33)19-9-3-1-4-10-19/h1-16,37-40H,17-18H2. The Morgan fingerprint density at radius 1 is 0.475 bits per heavy atom. The number of halogens is 2. The fourth-order valence-corrected chi connectivity index (χ4v) is 8.25. The molecule has 0 amide bonds. The topological polar surface area (TPSA) is 80.9 Å². The first-order valence-corrected chi connectivity index (χ1v) is 14.6. The molecule has 4 nitrogen and oxygen atoms in total. The Morgan fingerprint density at radius 3 is 1.20 bits per heavy atom. The summed E-state index contributed by atoms with van der Waals surface area (Å²) in [6.07, 6.45) is 0. The van der Waals surface area contributed by atoms with Gasteiger partial charge in [-0.1, -0.05) is 117 Å². The highest BCUT2D eigenvalue weighted by Gasteiger charge is 2.61. The Kier molecular flexibility index (Phi) is 5.95. The summed E-state index contributed by atoms with van der Waals surface area (Å²) in [7, 11) is 0. The minimum Gasteiger partial charge on any atom is -0.392 e.